The molecule has 1 saturated heterocycles. The number of fused-ring (bicyclic) bond motifs is 1. The number of amides is 1. The number of piperidine rings is 1. The lowest BCUT2D eigenvalue weighted by molar-refractivity contribution is -0.141. The fourth-order valence-corrected chi connectivity index (χ4v) is 4.32. The molecule has 2 aromatic rings. The summed E-state index contributed by atoms with van der Waals surface area (Å²) < 4.78 is 67.6. The molecule has 1 N–H and O–H groups in total. The van der Waals surface area contributed by atoms with Crippen molar-refractivity contribution < 1.29 is 26.7 Å². The van der Waals surface area contributed by atoms with E-state index in [4.69, 9.17) is 5.26 Å². The molecule has 164 valence electrons. The lowest BCUT2D eigenvalue weighted by atomic mass is 9.85. The van der Waals surface area contributed by atoms with Crippen LogP contribution in [0.1, 0.15) is 51.6 Å². The maximum atomic E-state index is 13.9. The number of H-pyrrole nitrogens is 1. The van der Waals surface area contributed by atoms with E-state index in [1.807, 2.05) is 6.19 Å². The fraction of sp³-hybridized carbons (Fsp3) is 0.450. The maximum absolute atomic E-state index is 13.9. The second-order valence-corrected chi connectivity index (χ2v) is 7.72. The van der Waals surface area contributed by atoms with Crippen LogP contribution in [0.3, 0.4) is 0 Å². The number of aromatic nitrogens is 2. The molecule has 2 aliphatic rings. The van der Waals surface area contributed by atoms with Crippen molar-refractivity contribution in [1.82, 2.24) is 20.0 Å². The van der Waals surface area contributed by atoms with E-state index in [1.54, 1.807) is 0 Å². The lowest BCUT2D eigenvalue weighted by Crippen LogP contribution is -2.39. The second kappa shape index (κ2) is 7.83. The van der Waals surface area contributed by atoms with Crippen molar-refractivity contribution in [1.29, 1.82) is 5.26 Å². The number of carbonyl (C=O) groups excluding carboxylic acids is 1. The van der Waals surface area contributed by atoms with Gasteiger partial charge in [-0.25, -0.2) is 8.78 Å². The van der Waals surface area contributed by atoms with Crippen LogP contribution in [0, 0.1) is 23.1 Å². The molecule has 11 heteroatoms. The highest BCUT2D eigenvalue weighted by atomic mass is 19.4. The number of alkyl halides is 3. The van der Waals surface area contributed by atoms with Crippen molar-refractivity contribution in [3.8, 4) is 6.19 Å². The predicted octanol–water partition coefficient (Wildman–Crippen LogP) is 3.57. The van der Waals surface area contributed by atoms with Gasteiger partial charge < -0.3 is 9.80 Å². The van der Waals surface area contributed by atoms with Gasteiger partial charge in [0.2, 0.25) is 0 Å². The van der Waals surface area contributed by atoms with Crippen molar-refractivity contribution >= 4 is 5.91 Å². The van der Waals surface area contributed by atoms with E-state index < -0.39 is 34.9 Å². The summed E-state index contributed by atoms with van der Waals surface area (Å²) in [4.78, 5) is 15.9. The van der Waals surface area contributed by atoms with Gasteiger partial charge in [-0.1, -0.05) is 0 Å². The Hall–Kier alpha value is -3.16. The SMILES string of the molecule is N#CN1CCc2[nH]nc(C(=O)N3CCC(c4cc(F)cc(F)c4C(F)(F)F)CC3)c2C1. The van der Waals surface area contributed by atoms with Gasteiger partial charge in [-0.15, -0.1) is 0 Å². The van der Waals surface area contributed by atoms with Crippen molar-refractivity contribution in [2.45, 2.75) is 37.9 Å². The first kappa shape index (κ1) is 21.1. The minimum atomic E-state index is -4.94. The van der Waals surface area contributed by atoms with Crippen LogP contribution in [0.15, 0.2) is 12.1 Å². The zero-order chi connectivity index (χ0) is 22.3. The first-order valence-corrected chi connectivity index (χ1v) is 9.75. The standard InChI is InChI=1S/C20H18F5N5O/c21-12-7-13(17(15(22)8-12)20(23,24)25)11-1-5-30(6-2-11)19(31)18-14-9-29(10-26)4-3-16(14)27-28-18/h7-8,11H,1-6,9H2,(H,27,28). The summed E-state index contributed by atoms with van der Waals surface area (Å²) in [7, 11) is 0. The van der Waals surface area contributed by atoms with Gasteiger partial charge in [0.25, 0.3) is 5.91 Å². The number of hydrogen-bond donors (Lipinski definition) is 1. The number of carbonyl (C=O) groups is 1. The molecular weight excluding hydrogens is 421 g/mol. The van der Waals surface area contributed by atoms with Crippen molar-refractivity contribution in [2.24, 2.45) is 0 Å². The van der Waals surface area contributed by atoms with Gasteiger partial charge in [0.15, 0.2) is 11.9 Å². The maximum Gasteiger partial charge on any atom is 0.419 e. The Labute approximate surface area is 174 Å². The number of likely N-dealkylation sites (tertiary alicyclic amines) is 1. The first-order valence-electron chi connectivity index (χ1n) is 9.75. The molecule has 0 atom stereocenters. The quantitative estimate of drug-likeness (QED) is 0.574. The summed E-state index contributed by atoms with van der Waals surface area (Å²) in [5.41, 5.74) is -0.238. The van der Waals surface area contributed by atoms with Crippen LogP contribution in [0.2, 0.25) is 0 Å². The Kier molecular flexibility index (Phi) is 5.33. The summed E-state index contributed by atoms with van der Waals surface area (Å²) in [6, 6.07) is 0.963. The molecule has 2 aliphatic heterocycles. The number of nitriles is 1. The Morgan fingerprint density at radius 3 is 2.55 bits per heavy atom. The third kappa shape index (κ3) is 3.94. The number of halogens is 5. The van der Waals surface area contributed by atoms with Crippen LogP contribution >= 0.6 is 0 Å². The summed E-state index contributed by atoms with van der Waals surface area (Å²) in [5, 5.41) is 16.0. The number of aromatic amines is 1. The summed E-state index contributed by atoms with van der Waals surface area (Å²) in [5.74, 6) is -3.80. The van der Waals surface area contributed by atoms with Gasteiger partial charge in [-0.3, -0.25) is 9.89 Å². The predicted molar refractivity (Wildman–Crippen MR) is 97.6 cm³/mol. The lowest BCUT2D eigenvalue weighted by Gasteiger charge is -2.33. The molecule has 0 radical (unpaired) electrons. The molecular formula is C20H18F5N5O. The van der Waals surface area contributed by atoms with E-state index in [-0.39, 0.29) is 50.1 Å². The number of rotatable bonds is 2. The van der Waals surface area contributed by atoms with Crippen LogP contribution in [0.4, 0.5) is 22.0 Å². The monoisotopic (exact) mass is 439 g/mol. The zero-order valence-electron chi connectivity index (χ0n) is 16.3. The van der Waals surface area contributed by atoms with Gasteiger partial charge in [-0.05, 0) is 30.4 Å². The average Bonchev–Trinajstić information content (AvgIpc) is 3.14. The highest BCUT2D eigenvalue weighted by molar-refractivity contribution is 5.94. The Bertz CT molecular complexity index is 1050. The largest absolute Gasteiger partial charge is 0.419 e. The zero-order valence-corrected chi connectivity index (χ0v) is 16.3. The molecule has 3 heterocycles. The van der Waals surface area contributed by atoms with Crippen LogP contribution in [0.25, 0.3) is 0 Å². The molecule has 1 aromatic heterocycles. The molecule has 1 fully saturated rings. The van der Waals surface area contributed by atoms with Crippen LogP contribution < -0.4 is 0 Å². The number of hydrogen-bond acceptors (Lipinski definition) is 4. The Morgan fingerprint density at radius 1 is 1.19 bits per heavy atom. The van der Waals surface area contributed by atoms with E-state index in [2.05, 4.69) is 10.2 Å². The minimum Gasteiger partial charge on any atom is -0.337 e. The Balaban J connectivity index is 1.52. The van der Waals surface area contributed by atoms with Crippen LogP contribution in [0.5, 0.6) is 0 Å². The number of nitrogens with zero attached hydrogens (tertiary/aromatic N) is 4. The van der Waals surface area contributed by atoms with Gasteiger partial charge in [0.1, 0.15) is 11.6 Å². The molecule has 0 spiro atoms. The molecule has 1 aromatic carbocycles. The van der Waals surface area contributed by atoms with Gasteiger partial charge >= 0.3 is 6.18 Å². The number of nitrogens with one attached hydrogen (secondary N) is 1. The summed E-state index contributed by atoms with van der Waals surface area (Å²) >= 11 is 0. The molecule has 0 bridgehead atoms. The van der Waals surface area contributed by atoms with Gasteiger partial charge in [0, 0.05) is 43.4 Å². The van der Waals surface area contributed by atoms with Crippen LogP contribution in [-0.2, 0) is 19.1 Å². The summed E-state index contributed by atoms with van der Waals surface area (Å²) in [6.07, 6.45) is -2.08. The number of benzene rings is 1. The van der Waals surface area contributed by atoms with Crippen molar-refractivity contribution in [3.05, 3.63) is 51.8 Å². The van der Waals surface area contributed by atoms with Crippen LogP contribution in [-0.4, -0.2) is 45.5 Å². The summed E-state index contributed by atoms with van der Waals surface area (Å²) in [6.45, 7) is 1.04. The fourth-order valence-electron chi connectivity index (χ4n) is 4.32. The minimum absolute atomic E-state index is 0.128. The Morgan fingerprint density at radius 2 is 1.90 bits per heavy atom. The van der Waals surface area contributed by atoms with Gasteiger partial charge in [-0.2, -0.15) is 23.5 Å². The third-order valence-corrected chi connectivity index (χ3v) is 5.87. The normalized spacial score (nSPS) is 17.4. The van der Waals surface area contributed by atoms with E-state index in [0.29, 0.717) is 18.5 Å². The molecule has 0 saturated carbocycles. The third-order valence-electron chi connectivity index (χ3n) is 5.87. The topological polar surface area (TPSA) is 76.0 Å². The molecule has 6 nitrogen and oxygen atoms in total. The van der Waals surface area contributed by atoms with E-state index >= 15 is 0 Å². The highest BCUT2D eigenvalue weighted by Gasteiger charge is 2.40. The van der Waals surface area contributed by atoms with Crippen molar-refractivity contribution in [2.75, 3.05) is 19.6 Å². The second-order valence-electron chi connectivity index (χ2n) is 7.72. The molecule has 31 heavy (non-hydrogen) atoms. The highest BCUT2D eigenvalue weighted by Crippen LogP contribution is 2.41. The van der Waals surface area contributed by atoms with Crippen molar-refractivity contribution in [3.63, 3.8) is 0 Å². The average molecular weight is 439 g/mol. The van der Waals surface area contributed by atoms with Gasteiger partial charge in [0.05, 0.1) is 12.1 Å². The molecule has 0 aliphatic carbocycles. The molecule has 4 rings (SSSR count). The first-order chi connectivity index (χ1) is 14.7. The smallest absolute Gasteiger partial charge is 0.337 e. The molecule has 1 amide bonds. The van der Waals surface area contributed by atoms with E-state index in [0.717, 1.165) is 11.8 Å². The van der Waals surface area contributed by atoms with E-state index in [9.17, 15) is 26.7 Å². The van der Waals surface area contributed by atoms with E-state index in [1.165, 1.54) is 9.80 Å². The molecule has 0 unspecified atom stereocenters.